The van der Waals surface area contributed by atoms with Gasteiger partial charge in [-0.15, -0.1) is 0 Å². The zero-order valence-corrected chi connectivity index (χ0v) is 10.9. The maximum absolute atomic E-state index is 11.8. The Hall–Kier alpha value is -1.71. The molecule has 2 rings (SSSR count). The first-order valence-electron chi connectivity index (χ1n) is 6.27. The monoisotopic (exact) mass is 248 g/mol. The second-order valence-corrected chi connectivity index (χ2v) is 5.41. The van der Waals surface area contributed by atoms with Gasteiger partial charge in [0.1, 0.15) is 5.75 Å². The Morgan fingerprint density at radius 1 is 1.50 bits per heavy atom. The van der Waals surface area contributed by atoms with Crippen LogP contribution >= 0.6 is 0 Å². The van der Waals surface area contributed by atoms with E-state index in [-0.39, 0.29) is 18.1 Å². The molecule has 3 N–H and O–H groups in total. The van der Waals surface area contributed by atoms with E-state index < -0.39 is 0 Å². The molecule has 1 amide bonds. The summed E-state index contributed by atoms with van der Waals surface area (Å²) in [5.74, 6) is 1.14. The number of ether oxygens (including phenoxy) is 1. The van der Waals surface area contributed by atoms with Gasteiger partial charge in [-0.25, -0.2) is 0 Å². The lowest BCUT2D eigenvalue weighted by atomic mass is 9.99. The van der Waals surface area contributed by atoms with Crippen molar-refractivity contribution in [1.82, 2.24) is 5.32 Å². The number of nitrogens with two attached hydrogens (primary N) is 1. The van der Waals surface area contributed by atoms with E-state index in [2.05, 4.69) is 19.2 Å². The Kier molecular flexibility index (Phi) is 3.45. The number of anilines is 1. The minimum Gasteiger partial charge on any atom is -0.484 e. The smallest absolute Gasteiger partial charge is 0.258 e. The summed E-state index contributed by atoms with van der Waals surface area (Å²) in [6.07, 6.45) is 2.40. The fourth-order valence-electron chi connectivity index (χ4n) is 2.06. The molecule has 0 aromatic heterocycles. The van der Waals surface area contributed by atoms with E-state index in [9.17, 15) is 4.79 Å². The normalized spacial score (nSPS) is 15.2. The molecule has 0 spiro atoms. The lowest BCUT2D eigenvalue weighted by molar-refractivity contribution is -0.124. The molecule has 1 aliphatic carbocycles. The molecule has 18 heavy (non-hydrogen) atoms. The van der Waals surface area contributed by atoms with Gasteiger partial charge in [0.25, 0.3) is 5.91 Å². The number of rotatable bonds is 5. The molecule has 0 atom stereocenters. The van der Waals surface area contributed by atoms with Crippen LogP contribution < -0.4 is 15.8 Å². The third-order valence-electron chi connectivity index (χ3n) is 3.29. The van der Waals surface area contributed by atoms with Crippen molar-refractivity contribution in [3.05, 3.63) is 24.3 Å². The molecular formula is C14H20N2O2. The summed E-state index contributed by atoms with van der Waals surface area (Å²) in [5, 5.41) is 3.01. The van der Waals surface area contributed by atoms with Gasteiger partial charge in [-0.3, -0.25) is 4.79 Å². The lowest BCUT2D eigenvalue weighted by Crippen LogP contribution is -2.47. The lowest BCUT2D eigenvalue weighted by Gasteiger charge is -2.26. The van der Waals surface area contributed by atoms with E-state index in [4.69, 9.17) is 10.5 Å². The first kappa shape index (κ1) is 12.7. The first-order valence-corrected chi connectivity index (χ1v) is 6.27. The van der Waals surface area contributed by atoms with Crippen molar-refractivity contribution >= 4 is 11.6 Å². The number of amides is 1. The van der Waals surface area contributed by atoms with E-state index in [1.165, 1.54) is 12.8 Å². The molecule has 0 bridgehead atoms. The van der Waals surface area contributed by atoms with Crippen LogP contribution in [0.3, 0.4) is 0 Å². The topological polar surface area (TPSA) is 64.3 Å². The van der Waals surface area contributed by atoms with Crippen LogP contribution in [0.5, 0.6) is 5.75 Å². The van der Waals surface area contributed by atoms with Crippen LogP contribution in [0.1, 0.15) is 26.7 Å². The van der Waals surface area contributed by atoms with Gasteiger partial charge in [0, 0.05) is 17.3 Å². The average molecular weight is 248 g/mol. The van der Waals surface area contributed by atoms with E-state index in [1.807, 2.05) is 0 Å². The number of nitrogens with one attached hydrogen (secondary N) is 1. The van der Waals surface area contributed by atoms with Crippen LogP contribution in [0.4, 0.5) is 5.69 Å². The standard InChI is InChI=1S/C14H20N2O2/c1-14(2,10-6-7-10)16-13(17)9-18-12-5-3-4-11(15)8-12/h3-5,8,10H,6-7,9,15H2,1-2H3,(H,16,17). The summed E-state index contributed by atoms with van der Waals surface area (Å²) in [6.45, 7) is 4.14. The van der Waals surface area contributed by atoms with Crippen molar-refractivity contribution in [3.8, 4) is 5.75 Å². The van der Waals surface area contributed by atoms with Crippen LogP contribution in [0.15, 0.2) is 24.3 Å². The summed E-state index contributed by atoms with van der Waals surface area (Å²) in [7, 11) is 0. The molecule has 0 saturated heterocycles. The molecule has 1 aromatic rings. The number of benzene rings is 1. The third-order valence-corrected chi connectivity index (χ3v) is 3.29. The second-order valence-electron chi connectivity index (χ2n) is 5.41. The highest BCUT2D eigenvalue weighted by molar-refractivity contribution is 5.78. The van der Waals surface area contributed by atoms with Crippen LogP contribution in [0.2, 0.25) is 0 Å². The Morgan fingerprint density at radius 2 is 2.22 bits per heavy atom. The Labute approximate surface area is 108 Å². The van der Waals surface area contributed by atoms with Crippen molar-refractivity contribution in [2.24, 2.45) is 5.92 Å². The summed E-state index contributed by atoms with van der Waals surface area (Å²) in [5.41, 5.74) is 6.14. The number of hydrogen-bond donors (Lipinski definition) is 2. The van der Waals surface area contributed by atoms with Gasteiger partial charge in [-0.1, -0.05) is 6.07 Å². The van der Waals surface area contributed by atoms with Crippen molar-refractivity contribution in [1.29, 1.82) is 0 Å². The minimum absolute atomic E-state index is 0.0274. The third kappa shape index (κ3) is 3.39. The van der Waals surface area contributed by atoms with Gasteiger partial charge in [0.2, 0.25) is 0 Å². The molecule has 0 heterocycles. The highest BCUT2D eigenvalue weighted by Crippen LogP contribution is 2.39. The Morgan fingerprint density at radius 3 is 2.83 bits per heavy atom. The van der Waals surface area contributed by atoms with E-state index >= 15 is 0 Å². The van der Waals surface area contributed by atoms with Crippen LogP contribution in [-0.4, -0.2) is 18.1 Å². The molecule has 1 aliphatic rings. The molecule has 0 aliphatic heterocycles. The molecule has 0 radical (unpaired) electrons. The predicted octanol–water partition coefficient (Wildman–Crippen LogP) is 1.95. The molecule has 1 saturated carbocycles. The molecule has 1 fully saturated rings. The average Bonchev–Trinajstić information content (AvgIpc) is 3.10. The molecular weight excluding hydrogens is 228 g/mol. The quantitative estimate of drug-likeness (QED) is 0.783. The van der Waals surface area contributed by atoms with Crippen molar-refractivity contribution < 1.29 is 9.53 Å². The Bertz CT molecular complexity index is 439. The van der Waals surface area contributed by atoms with Crippen LogP contribution in [0.25, 0.3) is 0 Å². The highest BCUT2D eigenvalue weighted by Gasteiger charge is 2.38. The van der Waals surface area contributed by atoms with Gasteiger partial charge < -0.3 is 15.8 Å². The van der Waals surface area contributed by atoms with E-state index in [1.54, 1.807) is 24.3 Å². The summed E-state index contributed by atoms with van der Waals surface area (Å²) in [4.78, 5) is 11.8. The summed E-state index contributed by atoms with van der Waals surface area (Å²) < 4.78 is 5.40. The van der Waals surface area contributed by atoms with Gasteiger partial charge >= 0.3 is 0 Å². The predicted molar refractivity (Wildman–Crippen MR) is 71.3 cm³/mol. The zero-order valence-electron chi connectivity index (χ0n) is 10.9. The SMILES string of the molecule is CC(C)(NC(=O)COc1cccc(N)c1)C1CC1. The number of carbonyl (C=O) groups excluding carboxylic acids is 1. The van der Waals surface area contributed by atoms with Gasteiger partial charge in [-0.2, -0.15) is 0 Å². The molecule has 4 nitrogen and oxygen atoms in total. The van der Waals surface area contributed by atoms with Gasteiger partial charge in [0.15, 0.2) is 6.61 Å². The van der Waals surface area contributed by atoms with Crippen molar-refractivity contribution in [2.45, 2.75) is 32.2 Å². The Balaban J connectivity index is 1.81. The van der Waals surface area contributed by atoms with E-state index in [0.717, 1.165) is 0 Å². The molecule has 98 valence electrons. The molecule has 4 heteroatoms. The molecule has 1 aromatic carbocycles. The number of nitrogen functional groups attached to an aromatic ring is 1. The van der Waals surface area contributed by atoms with Crippen LogP contribution in [-0.2, 0) is 4.79 Å². The maximum atomic E-state index is 11.8. The van der Waals surface area contributed by atoms with E-state index in [0.29, 0.717) is 17.4 Å². The fraction of sp³-hybridized carbons (Fsp3) is 0.500. The summed E-state index contributed by atoms with van der Waals surface area (Å²) in [6, 6.07) is 7.08. The minimum atomic E-state index is -0.129. The number of carbonyl (C=O) groups is 1. The second kappa shape index (κ2) is 4.88. The zero-order chi connectivity index (χ0) is 13.2. The fourth-order valence-corrected chi connectivity index (χ4v) is 2.06. The summed E-state index contributed by atoms with van der Waals surface area (Å²) >= 11 is 0. The van der Waals surface area contributed by atoms with Crippen LogP contribution in [0, 0.1) is 5.92 Å². The largest absolute Gasteiger partial charge is 0.484 e. The van der Waals surface area contributed by atoms with Gasteiger partial charge in [-0.05, 0) is 44.7 Å². The first-order chi connectivity index (χ1) is 8.47. The van der Waals surface area contributed by atoms with Crippen molar-refractivity contribution in [3.63, 3.8) is 0 Å². The van der Waals surface area contributed by atoms with Gasteiger partial charge in [0.05, 0.1) is 0 Å². The van der Waals surface area contributed by atoms with Crippen molar-refractivity contribution in [2.75, 3.05) is 12.3 Å². The highest BCUT2D eigenvalue weighted by atomic mass is 16.5. The number of hydrogen-bond acceptors (Lipinski definition) is 3. The maximum Gasteiger partial charge on any atom is 0.258 e. The molecule has 0 unspecified atom stereocenters.